The molecule has 0 radical (unpaired) electrons. The van der Waals surface area contributed by atoms with E-state index in [0.717, 1.165) is 38.5 Å². The van der Waals surface area contributed by atoms with Crippen LogP contribution in [-0.4, -0.2) is 60.5 Å². The van der Waals surface area contributed by atoms with Gasteiger partial charge in [0.25, 0.3) is 0 Å². The molecule has 62 heavy (non-hydrogen) atoms. The average molecular weight is 904 g/mol. The van der Waals surface area contributed by atoms with Crippen molar-refractivity contribution in [2.45, 2.75) is 289 Å². The Labute approximate surface area is 382 Å². The van der Waals surface area contributed by atoms with Crippen molar-refractivity contribution in [3.63, 3.8) is 0 Å². The number of ether oxygens (including phenoxy) is 2. The van der Waals surface area contributed by atoms with Crippen LogP contribution in [0.1, 0.15) is 277 Å². The van der Waals surface area contributed by atoms with Gasteiger partial charge >= 0.3 is 19.8 Å². The van der Waals surface area contributed by atoms with Gasteiger partial charge in [0.15, 0.2) is 0 Å². The Morgan fingerprint density at radius 1 is 0.452 bits per heavy atom. The van der Waals surface area contributed by atoms with E-state index in [1.807, 2.05) is 0 Å². The van der Waals surface area contributed by atoms with Crippen LogP contribution < -0.4 is 5.73 Å². The van der Waals surface area contributed by atoms with Crippen molar-refractivity contribution in [2.24, 2.45) is 5.73 Å². The zero-order chi connectivity index (χ0) is 45.5. The monoisotopic (exact) mass is 904 g/mol. The number of esters is 1. The first-order valence-electron chi connectivity index (χ1n) is 26.6. The van der Waals surface area contributed by atoms with Gasteiger partial charge in [0, 0.05) is 13.0 Å². The molecular weight excluding hydrogens is 802 g/mol. The molecule has 0 bridgehead atoms. The lowest BCUT2D eigenvalue weighted by molar-refractivity contribution is -0.154. The van der Waals surface area contributed by atoms with E-state index in [2.05, 4.69) is 13.8 Å². The summed E-state index contributed by atoms with van der Waals surface area (Å²) in [5.41, 5.74) is 5.37. The summed E-state index contributed by atoms with van der Waals surface area (Å²) in [6, 6.07) is -1.47. The zero-order valence-electron chi connectivity index (χ0n) is 40.8. The minimum atomic E-state index is -4.61. The molecule has 10 nitrogen and oxygen atoms in total. The number of aliphatic carboxylic acids is 1. The SMILES string of the molecule is CCCCCCCCCCCCCCCCCCCCCCCCCCCCC(=O)O[C@H](COCCCCCCCCCCCCCCCC)COP(=O)(O)OC[C@H](N)C(=O)O. The smallest absolute Gasteiger partial charge is 0.472 e. The highest BCUT2D eigenvalue weighted by Gasteiger charge is 2.27. The fourth-order valence-corrected chi connectivity index (χ4v) is 8.80. The summed E-state index contributed by atoms with van der Waals surface area (Å²) in [7, 11) is -4.61. The van der Waals surface area contributed by atoms with Crippen LogP contribution in [0.2, 0.25) is 0 Å². The zero-order valence-corrected chi connectivity index (χ0v) is 41.6. The highest BCUT2D eigenvalue weighted by atomic mass is 31.2. The van der Waals surface area contributed by atoms with Crippen LogP contribution in [0.15, 0.2) is 0 Å². The van der Waals surface area contributed by atoms with Crippen molar-refractivity contribution in [3.8, 4) is 0 Å². The average Bonchev–Trinajstić information content (AvgIpc) is 3.25. The Bertz CT molecular complexity index is 1000. The van der Waals surface area contributed by atoms with E-state index >= 15 is 0 Å². The number of nitrogens with two attached hydrogens (primary N) is 1. The Morgan fingerprint density at radius 3 is 1.06 bits per heavy atom. The number of phosphoric acid groups is 1. The number of rotatable bonds is 52. The Hall–Kier alpha value is -1.03. The molecule has 370 valence electrons. The first kappa shape index (κ1) is 61.0. The van der Waals surface area contributed by atoms with Crippen LogP contribution in [0.3, 0.4) is 0 Å². The molecule has 0 fully saturated rings. The van der Waals surface area contributed by atoms with E-state index in [0.29, 0.717) is 6.61 Å². The quantitative estimate of drug-likeness (QED) is 0.0305. The second-order valence-electron chi connectivity index (χ2n) is 18.4. The molecule has 0 aromatic heterocycles. The van der Waals surface area contributed by atoms with Crippen LogP contribution in [-0.2, 0) is 32.7 Å². The van der Waals surface area contributed by atoms with Gasteiger partial charge < -0.3 is 25.2 Å². The highest BCUT2D eigenvalue weighted by Crippen LogP contribution is 2.43. The van der Waals surface area contributed by atoms with Crippen LogP contribution in [0.4, 0.5) is 0 Å². The minimum Gasteiger partial charge on any atom is -0.480 e. The maximum atomic E-state index is 12.7. The van der Waals surface area contributed by atoms with Gasteiger partial charge in [0.1, 0.15) is 12.1 Å². The van der Waals surface area contributed by atoms with E-state index < -0.39 is 45.1 Å². The van der Waals surface area contributed by atoms with Crippen molar-refractivity contribution < 1.29 is 42.7 Å². The largest absolute Gasteiger partial charge is 0.480 e. The van der Waals surface area contributed by atoms with Crippen molar-refractivity contribution in [2.75, 3.05) is 26.4 Å². The van der Waals surface area contributed by atoms with Gasteiger partial charge in [-0.05, 0) is 12.8 Å². The van der Waals surface area contributed by atoms with Crippen molar-refractivity contribution in [3.05, 3.63) is 0 Å². The molecule has 0 aliphatic rings. The van der Waals surface area contributed by atoms with Gasteiger partial charge in [-0.2, -0.15) is 0 Å². The Balaban J connectivity index is 3.98. The van der Waals surface area contributed by atoms with E-state index in [1.54, 1.807) is 0 Å². The summed E-state index contributed by atoms with van der Waals surface area (Å²) in [6.45, 7) is 3.96. The molecule has 0 amide bonds. The van der Waals surface area contributed by atoms with E-state index in [9.17, 15) is 19.0 Å². The van der Waals surface area contributed by atoms with Gasteiger partial charge in [-0.25, -0.2) is 4.57 Å². The van der Waals surface area contributed by atoms with Crippen LogP contribution in [0, 0.1) is 0 Å². The fourth-order valence-electron chi connectivity index (χ4n) is 8.02. The topological polar surface area (TPSA) is 155 Å². The highest BCUT2D eigenvalue weighted by molar-refractivity contribution is 7.47. The number of hydrogen-bond donors (Lipinski definition) is 3. The summed E-state index contributed by atoms with van der Waals surface area (Å²) >= 11 is 0. The molecule has 0 heterocycles. The van der Waals surface area contributed by atoms with Gasteiger partial charge in [-0.3, -0.25) is 18.6 Å². The van der Waals surface area contributed by atoms with Gasteiger partial charge in [0.05, 0.1) is 19.8 Å². The predicted octanol–water partition coefficient (Wildman–Crippen LogP) is 15.5. The third kappa shape index (κ3) is 46.9. The standard InChI is InChI=1S/C51H102NO9P/c1-3-5-7-9-11-13-15-17-19-20-21-22-23-24-25-26-27-28-29-30-31-33-35-37-39-41-43-50(53)61-48(46-59-62(56,57)60-47-49(52)51(54)55)45-58-44-42-40-38-36-34-32-18-16-14-12-10-8-6-4-2/h48-49H,3-47,52H2,1-2H3,(H,54,55)(H,56,57)/t48-,49+/m1/s1. The van der Waals surface area contributed by atoms with Crippen LogP contribution in [0.25, 0.3) is 0 Å². The molecule has 0 saturated heterocycles. The van der Waals surface area contributed by atoms with Crippen LogP contribution in [0.5, 0.6) is 0 Å². The third-order valence-corrected chi connectivity index (χ3v) is 13.1. The van der Waals surface area contributed by atoms with Crippen molar-refractivity contribution >= 4 is 19.8 Å². The third-order valence-electron chi connectivity index (χ3n) is 12.1. The number of unbranched alkanes of at least 4 members (excludes halogenated alkanes) is 38. The molecule has 0 saturated carbocycles. The van der Waals surface area contributed by atoms with E-state index in [1.165, 1.54) is 218 Å². The summed E-state index contributed by atoms with van der Waals surface area (Å²) in [6.07, 6.45) is 51.7. The second-order valence-corrected chi connectivity index (χ2v) is 19.8. The number of phosphoric ester groups is 1. The molecule has 0 aromatic carbocycles. The lowest BCUT2D eigenvalue weighted by atomic mass is 10.0. The lowest BCUT2D eigenvalue weighted by Crippen LogP contribution is -2.34. The van der Waals surface area contributed by atoms with E-state index in [-0.39, 0.29) is 13.0 Å². The molecule has 0 aliphatic heterocycles. The minimum absolute atomic E-state index is 0.0261. The molecule has 0 rings (SSSR count). The number of carboxylic acids is 1. The molecule has 4 N–H and O–H groups in total. The Kier molecular flexibility index (Phi) is 47.1. The first-order valence-corrected chi connectivity index (χ1v) is 28.1. The van der Waals surface area contributed by atoms with Crippen LogP contribution >= 0.6 is 7.82 Å². The van der Waals surface area contributed by atoms with E-state index in [4.69, 9.17) is 29.4 Å². The maximum Gasteiger partial charge on any atom is 0.472 e. The van der Waals surface area contributed by atoms with Crippen molar-refractivity contribution in [1.82, 2.24) is 0 Å². The van der Waals surface area contributed by atoms with Crippen molar-refractivity contribution in [1.29, 1.82) is 0 Å². The number of hydrogen-bond acceptors (Lipinski definition) is 8. The number of carboxylic acid groups (broad SMARTS) is 1. The molecule has 1 unspecified atom stereocenters. The summed E-state index contributed by atoms with van der Waals surface area (Å²) < 4.78 is 33.5. The fraction of sp³-hybridized carbons (Fsp3) is 0.961. The normalized spacial score (nSPS) is 13.6. The van der Waals surface area contributed by atoms with Gasteiger partial charge in [-0.15, -0.1) is 0 Å². The molecule has 0 aliphatic carbocycles. The van der Waals surface area contributed by atoms with Gasteiger partial charge in [-0.1, -0.05) is 258 Å². The summed E-state index contributed by atoms with van der Waals surface area (Å²) in [5.74, 6) is -1.76. The predicted molar refractivity (Wildman–Crippen MR) is 259 cm³/mol. The molecule has 11 heteroatoms. The number of carbonyl (C=O) groups excluding carboxylic acids is 1. The number of carbonyl (C=O) groups is 2. The molecular formula is C51H102NO9P. The molecule has 3 atom stereocenters. The molecule has 0 spiro atoms. The first-order chi connectivity index (χ1) is 30.2. The van der Waals surface area contributed by atoms with Gasteiger partial charge in [0.2, 0.25) is 0 Å². The summed E-state index contributed by atoms with van der Waals surface area (Å²) in [4.78, 5) is 33.7. The molecule has 0 aromatic rings. The lowest BCUT2D eigenvalue weighted by Gasteiger charge is -2.20. The summed E-state index contributed by atoms with van der Waals surface area (Å²) in [5, 5.41) is 8.92. The second kappa shape index (κ2) is 47.9. The maximum absolute atomic E-state index is 12.7. The Morgan fingerprint density at radius 2 is 0.742 bits per heavy atom.